The van der Waals surface area contributed by atoms with Gasteiger partial charge in [0.15, 0.2) is 6.29 Å². The third-order valence-corrected chi connectivity index (χ3v) is 11.9. The summed E-state index contributed by atoms with van der Waals surface area (Å²) in [5.74, 6) is -0.353. The van der Waals surface area contributed by atoms with Crippen LogP contribution in [0.2, 0.25) is 0 Å². The Bertz CT molecular complexity index is 1480. The number of hydrogen-bond donors (Lipinski definition) is 4. The molecule has 1 rings (SSSR count). The first kappa shape index (κ1) is 64.6. The van der Waals surface area contributed by atoms with E-state index in [4.69, 9.17) is 18.9 Å². The smallest absolute Gasteiger partial charge is 0.306 e. The molecule has 1 saturated heterocycles. The van der Waals surface area contributed by atoms with Crippen molar-refractivity contribution in [1.82, 2.24) is 0 Å². The Kier molecular flexibility index (Phi) is 46.6. The molecule has 0 aromatic rings. The van der Waals surface area contributed by atoms with Crippen LogP contribution in [0, 0.1) is 0 Å². The molecule has 1 aliphatic rings. The lowest BCUT2D eigenvalue weighted by molar-refractivity contribution is -0.305. The lowest BCUT2D eigenvalue weighted by Crippen LogP contribution is -2.59. The highest BCUT2D eigenvalue weighted by molar-refractivity contribution is 5.69. The molecule has 6 unspecified atom stereocenters. The minimum absolute atomic E-state index is 0.115. The summed E-state index contributed by atoms with van der Waals surface area (Å²) >= 11 is 0. The van der Waals surface area contributed by atoms with Crippen molar-refractivity contribution in [3.8, 4) is 0 Å². The van der Waals surface area contributed by atoms with Crippen molar-refractivity contribution < 1.29 is 44.2 Å². The second-order valence-corrected chi connectivity index (χ2v) is 18.3. The van der Waals surface area contributed by atoms with E-state index < -0.39 is 43.4 Å². The molecular weight excluding hydrogens is 877 g/mol. The van der Waals surface area contributed by atoms with Crippen LogP contribution in [0.3, 0.4) is 0 Å². The molecule has 0 aromatic carbocycles. The fourth-order valence-corrected chi connectivity index (χ4v) is 7.60. The van der Waals surface area contributed by atoms with E-state index >= 15 is 0 Å². The Morgan fingerprint density at radius 3 is 1.31 bits per heavy atom. The Balaban J connectivity index is 2.25. The van der Waals surface area contributed by atoms with Crippen molar-refractivity contribution in [2.45, 2.75) is 230 Å². The van der Waals surface area contributed by atoms with Crippen LogP contribution in [-0.4, -0.2) is 89.6 Å². The van der Waals surface area contributed by atoms with E-state index in [1.54, 1.807) is 0 Å². The summed E-state index contributed by atoms with van der Waals surface area (Å²) in [7, 11) is 0. The predicted molar refractivity (Wildman–Crippen MR) is 292 cm³/mol. The Morgan fingerprint density at radius 2 is 0.871 bits per heavy atom. The van der Waals surface area contributed by atoms with E-state index in [9.17, 15) is 25.2 Å². The Morgan fingerprint density at radius 1 is 0.471 bits per heavy atom. The number of carbonyl (C=O) groups is 1. The molecular formula is C61H100O9. The summed E-state index contributed by atoms with van der Waals surface area (Å²) in [6.45, 7) is 4.35. The minimum atomic E-state index is -1.55. The summed E-state index contributed by atoms with van der Waals surface area (Å²) < 4.78 is 22.9. The quantitative estimate of drug-likeness (QED) is 0.0267. The van der Waals surface area contributed by atoms with Crippen molar-refractivity contribution >= 4 is 5.97 Å². The molecule has 0 saturated carbocycles. The largest absolute Gasteiger partial charge is 0.457 e. The number of aliphatic hydroxyl groups is 4. The lowest BCUT2D eigenvalue weighted by atomic mass is 9.99. The topological polar surface area (TPSA) is 135 Å². The number of esters is 1. The van der Waals surface area contributed by atoms with Gasteiger partial charge in [-0.05, 0) is 109 Å². The third kappa shape index (κ3) is 40.2. The van der Waals surface area contributed by atoms with Gasteiger partial charge in [-0.1, -0.05) is 200 Å². The summed E-state index contributed by atoms with van der Waals surface area (Å²) in [5, 5.41) is 40.3. The molecule has 0 amide bonds. The standard InChI is InChI=1S/C61H100O9/c1-3-5-7-9-11-13-15-17-19-21-23-25-27-28-29-30-32-34-36-38-40-42-44-46-48-50-57(63)69-55(54-68-61-60(66)59(65)58(64)56(52-62)70-61)53-67-51-49-47-45-43-41-39-37-35-33-31-26-24-22-20-18-16-14-12-10-8-6-4-2/h5,7,11,13,16-19,22-25,28-29,31-34,38,40,55-56,58-62,64-66H,3-4,6,8-10,12,14-15,20-21,26-27,30,35-37,39,41-54H2,1-2H3/b7-5-,13-11-,18-16-,19-17-,24-22-,25-23-,29-28-,33-31-,34-32-,40-38-. The minimum Gasteiger partial charge on any atom is -0.457 e. The number of hydrogen-bond acceptors (Lipinski definition) is 9. The fraction of sp³-hybridized carbons (Fsp3) is 0.656. The number of unbranched alkanes of at least 4 members (excludes halogenated alkanes) is 15. The Labute approximate surface area is 427 Å². The maximum absolute atomic E-state index is 12.9. The molecule has 6 atom stereocenters. The molecule has 0 aromatic heterocycles. The van der Waals surface area contributed by atoms with E-state index in [1.807, 2.05) is 0 Å². The van der Waals surface area contributed by atoms with Crippen LogP contribution in [0.1, 0.15) is 194 Å². The highest BCUT2D eigenvalue weighted by atomic mass is 16.7. The second-order valence-electron chi connectivity index (χ2n) is 18.3. The van der Waals surface area contributed by atoms with Crippen LogP contribution < -0.4 is 0 Å². The predicted octanol–water partition coefficient (Wildman–Crippen LogP) is 14.3. The van der Waals surface area contributed by atoms with Gasteiger partial charge < -0.3 is 39.4 Å². The van der Waals surface area contributed by atoms with Crippen LogP contribution in [0.5, 0.6) is 0 Å². The molecule has 1 fully saturated rings. The highest BCUT2D eigenvalue weighted by Crippen LogP contribution is 2.22. The van der Waals surface area contributed by atoms with Crippen molar-refractivity contribution in [3.05, 3.63) is 122 Å². The van der Waals surface area contributed by atoms with Gasteiger partial charge in [-0.3, -0.25) is 4.79 Å². The first-order valence-electron chi connectivity index (χ1n) is 27.6. The van der Waals surface area contributed by atoms with E-state index in [2.05, 4.69) is 135 Å². The summed E-state index contributed by atoms with van der Waals surface area (Å²) in [4.78, 5) is 12.9. The summed E-state index contributed by atoms with van der Waals surface area (Å²) in [6, 6.07) is 0. The first-order chi connectivity index (χ1) is 34.4. The van der Waals surface area contributed by atoms with E-state index in [1.165, 1.54) is 64.2 Å². The van der Waals surface area contributed by atoms with Gasteiger partial charge in [0.1, 0.15) is 30.5 Å². The van der Waals surface area contributed by atoms with Crippen molar-refractivity contribution in [2.24, 2.45) is 0 Å². The van der Waals surface area contributed by atoms with Gasteiger partial charge in [0, 0.05) is 13.0 Å². The molecule has 1 heterocycles. The molecule has 1 aliphatic heterocycles. The van der Waals surface area contributed by atoms with Crippen molar-refractivity contribution in [3.63, 3.8) is 0 Å². The van der Waals surface area contributed by atoms with Gasteiger partial charge in [-0.2, -0.15) is 0 Å². The van der Waals surface area contributed by atoms with Crippen LogP contribution >= 0.6 is 0 Å². The van der Waals surface area contributed by atoms with Crippen molar-refractivity contribution in [1.29, 1.82) is 0 Å². The van der Waals surface area contributed by atoms with Crippen molar-refractivity contribution in [2.75, 3.05) is 26.4 Å². The normalized spacial score (nSPS) is 19.9. The van der Waals surface area contributed by atoms with Crippen LogP contribution in [0.4, 0.5) is 0 Å². The summed E-state index contributed by atoms with van der Waals surface area (Å²) in [5.41, 5.74) is 0. The van der Waals surface area contributed by atoms with Crippen LogP contribution in [0.15, 0.2) is 122 Å². The van der Waals surface area contributed by atoms with Gasteiger partial charge in [-0.15, -0.1) is 0 Å². The number of ether oxygens (including phenoxy) is 4. The number of allylic oxidation sites excluding steroid dienone is 20. The van der Waals surface area contributed by atoms with Crippen LogP contribution in [-0.2, 0) is 23.7 Å². The average Bonchev–Trinajstić information content (AvgIpc) is 3.36. The monoisotopic (exact) mass is 977 g/mol. The zero-order valence-corrected chi connectivity index (χ0v) is 44.0. The first-order valence-corrected chi connectivity index (χ1v) is 27.6. The Hall–Kier alpha value is -3.41. The number of aliphatic hydroxyl groups excluding tert-OH is 4. The number of rotatable bonds is 46. The second kappa shape index (κ2) is 50.5. The van der Waals surface area contributed by atoms with Gasteiger partial charge in [0.25, 0.3) is 0 Å². The maximum Gasteiger partial charge on any atom is 0.306 e. The van der Waals surface area contributed by atoms with Gasteiger partial charge in [-0.25, -0.2) is 0 Å². The zero-order chi connectivity index (χ0) is 50.6. The molecule has 4 N–H and O–H groups in total. The lowest BCUT2D eigenvalue weighted by Gasteiger charge is -2.39. The summed E-state index contributed by atoms with van der Waals surface area (Å²) in [6.07, 6.45) is 66.6. The van der Waals surface area contributed by atoms with Gasteiger partial charge in [0.05, 0.1) is 19.8 Å². The number of carbonyl (C=O) groups excluding carboxylic acids is 1. The third-order valence-electron chi connectivity index (χ3n) is 11.9. The van der Waals surface area contributed by atoms with E-state index in [0.717, 1.165) is 103 Å². The molecule has 0 aliphatic carbocycles. The zero-order valence-electron chi connectivity index (χ0n) is 44.0. The maximum atomic E-state index is 12.9. The molecule has 70 heavy (non-hydrogen) atoms. The molecule has 0 radical (unpaired) electrons. The van der Waals surface area contributed by atoms with E-state index in [-0.39, 0.29) is 25.6 Å². The molecule has 9 nitrogen and oxygen atoms in total. The van der Waals surface area contributed by atoms with E-state index in [0.29, 0.717) is 13.0 Å². The molecule has 0 bridgehead atoms. The molecule has 9 heteroatoms. The highest BCUT2D eigenvalue weighted by Gasteiger charge is 2.44. The molecule has 398 valence electrons. The van der Waals surface area contributed by atoms with Gasteiger partial charge >= 0.3 is 5.97 Å². The molecule has 0 spiro atoms. The van der Waals surface area contributed by atoms with Crippen LogP contribution in [0.25, 0.3) is 0 Å². The average molecular weight is 977 g/mol. The SMILES string of the molecule is CC/C=C\C/C=C\C/C=C\C/C=C\C/C=C\C/C=C\C/C=C\CCCCCC(=O)OC(COCCCCCCCCC/C=C\C/C=C\C/C=C\CCCCCCC)COC1OC(CO)C(O)C(O)C1O. The fourth-order valence-electron chi connectivity index (χ4n) is 7.60. The van der Waals surface area contributed by atoms with Gasteiger partial charge in [0.2, 0.25) is 0 Å².